The first-order valence-corrected chi connectivity index (χ1v) is 9.91. The van der Waals surface area contributed by atoms with Crippen molar-refractivity contribution in [3.8, 4) is 11.5 Å². The van der Waals surface area contributed by atoms with Crippen LogP contribution in [0.5, 0.6) is 11.5 Å². The molecule has 0 aromatic heterocycles. The smallest absolute Gasteiger partial charge is 0.317 e. The summed E-state index contributed by atoms with van der Waals surface area (Å²) in [6, 6.07) is 5.65. The van der Waals surface area contributed by atoms with Crippen LogP contribution in [0.25, 0.3) is 0 Å². The zero-order valence-corrected chi connectivity index (χ0v) is 16.7. The Morgan fingerprint density at radius 3 is 2.71 bits per heavy atom. The number of nitrogens with one attached hydrogen (secondary N) is 2. The summed E-state index contributed by atoms with van der Waals surface area (Å²) in [5, 5.41) is 6.45. The average molecular weight is 388 g/mol. The van der Waals surface area contributed by atoms with Crippen LogP contribution in [-0.2, 0) is 11.3 Å². The molecule has 0 aliphatic carbocycles. The third-order valence-electron chi connectivity index (χ3n) is 5.71. The van der Waals surface area contributed by atoms with E-state index >= 15 is 0 Å². The van der Waals surface area contributed by atoms with E-state index < -0.39 is 5.66 Å². The SMILES string of the molecule is CC(C)NC(=O)N1CCC2(CC1)N[C@H](C)C(=O)N2Cc1ccc2c(c1)OCO2. The molecule has 0 saturated carbocycles. The fraction of sp³-hybridized carbons (Fsp3) is 0.600. The highest BCUT2D eigenvalue weighted by Gasteiger charge is 2.50. The van der Waals surface area contributed by atoms with Gasteiger partial charge in [0.15, 0.2) is 11.5 Å². The Labute approximate surface area is 165 Å². The van der Waals surface area contributed by atoms with Gasteiger partial charge in [0.05, 0.1) is 11.7 Å². The van der Waals surface area contributed by atoms with Gasteiger partial charge in [0.2, 0.25) is 12.7 Å². The van der Waals surface area contributed by atoms with Crippen LogP contribution in [0.15, 0.2) is 18.2 Å². The summed E-state index contributed by atoms with van der Waals surface area (Å²) in [7, 11) is 0. The van der Waals surface area contributed by atoms with Crippen LogP contribution in [0.4, 0.5) is 4.79 Å². The van der Waals surface area contributed by atoms with Crippen molar-refractivity contribution in [1.29, 1.82) is 0 Å². The van der Waals surface area contributed by atoms with Crippen molar-refractivity contribution >= 4 is 11.9 Å². The number of nitrogens with zero attached hydrogens (tertiary/aromatic N) is 2. The number of likely N-dealkylation sites (tertiary alicyclic amines) is 1. The van der Waals surface area contributed by atoms with Crippen molar-refractivity contribution in [2.45, 2.75) is 57.9 Å². The number of carbonyl (C=O) groups excluding carboxylic acids is 2. The van der Waals surface area contributed by atoms with Gasteiger partial charge in [0.1, 0.15) is 0 Å². The lowest BCUT2D eigenvalue weighted by Gasteiger charge is -2.44. The maximum absolute atomic E-state index is 12.9. The van der Waals surface area contributed by atoms with Gasteiger partial charge >= 0.3 is 6.03 Å². The highest BCUT2D eigenvalue weighted by Crippen LogP contribution is 2.36. The second-order valence-electron chi connectivity index (χ2n) is 8.10. The van der Waals surface area contributed by atoms with Gasteiger partial charge in [0, 0.05) is 38.5 Å². The molecule has 3 aliphatic heterocycles. The van der Waals surface area contributed by atoms with Gasteiger partial charge in [-0.2, -0.15) is 0 Å². The summed E-state index contributed by atoms with van der Waals surface area (Å²) in [5.41, 5.74) is 0.592. The number of carbonyl (C=O) groups is 2. The zero-order chi connectivity index (χ0) is 19.9. The molecule has 2 N–H and O–H groups in total. The molecule has 152 valence electrons. The highest BCUT2D eigenvalue weighted by atomic mass is 16.7. The molecule has 8 nitrogen and oxygen atoms in total. The Balaban J connectivity index is 1.48. The quantitative estimate of drug-likeness (QED) is 0.823. The average Bonchev–Trinajstić information content (AvgIpc) is 3.20. The summed E-state index contributed by atoms with van der Waals surface area (Å²) in [6.07, 6.45) is 1.41. The van der Waals surface area contributed by atoms with Crippen molar-refractivity contribution in [1.82, 2.24) is 20.4 Å². The minimum atomic E-state index is -0.415. The monoisotopic (exact) mass is 388 g/mol. The van der Waals surface area contributed by atoms with Gasteiger partial charge in [-0.15, -0.1) is 0 Å². The molecule has 4 rings (SSSR count). The van der Waals surface area contributed by atoms with E-state index in [-0.39, 0.29) is 30.8 Å². The van der Waals surface area contributed by atoms with E-state index in [9.17, 15) is 9.59 Å². The Morgan fingerprint density at radius 2 is 2.00 bits per heavy atom. The molecule has 3 amide bonds. The van der Waals surface area contributed by atoms with Crippen LogP contribution in [0.1, 0.15) is 39.2 Å². The lowest BCUT2D eigenvalue weighted by atomic mass is 9.95. The first kappa shape index (κ1) is 18.9. The van der Waals surface area contributed by atoms with Crippen molar-refractivity contribution in [3.05, 3.63) is 23.8 Å². The summed E-state index contributed by atoms with van der Waals surface area (Å²) < 4.78 is 10.8. The predicted octanol–water partition coefficient (Wildman–Crippen LogP) is 1.65. The minimum absolute atomic E-state index is 0.0375. The Kier molecular flexibility index (Phi) is 4.82. The van der Waals surface area contributed by atoms with Gasteiger partial charge in [-0.05, 0) is 38.5 Å². The second kappa shape index (κ2) is 7.16. The molecular weight excluding hydrogens is 360 g/mol. The zero-order valence-electron chi connectivity index (χ0n) is 16.7. The molecule has 3 heterocycles. The number of amides is 3. The number of fused-ring (bicyclic) bond motifs is 1. The Hall–Kier alpha value is -2.48. The summed E-state index contributed by atoms with van der Waals surface area (Å²) in [6.45, 7) is 7.78. The molecule has 2 saturated heterocycles. The normalized spacial score (nSPS) is 23.0. The summed E-state index contributed by atoms with van der Waals surface area (Å²) in [5.74, 6) is 1.55. The Bertz CT molecular complexity index is 773. The number of urea groups is 1. The number of benzene rings is 1. The lowest BCUT2D eigenvalue weighted by Crippen LogP contribution is -2.60. The molecule has 8 heteroatoms. The molecule has 0 bridgehead atoms. The van der Waals surface area contributed by atoms with Crippen LogP contribution < -0.4 is 20.1 Å². The van der Waals surface area contributed by atoms with Crippen LogP contribution in [0.2, 0.25) is 0 Å². The largest absolute Gasteiger partial charge is 0.454 e. The molecular formula is C20H28N4O4. The number of ether oxygens (including phenoxy) is 2. The first-order chi connectivity index (χ1) is 13.4. The molecule has 0 unspecified atom stereocenters. The molecule has 3 aliphatic rings. The highest BCUT2D eigenvalue weighted by molar-refractivity contribution is 5.85. The van der Waals surface area contributed by atoms with E-state index in [1.54, 1.807) is 0 Å². The maximum atomic E-state index is 12.9. The lowest BCUT2D eigenvalue weighted by molar-refractivity contribution is -0.133. The first-order valence-electron chi connectivity index (χ1n) is 9.91. The summed E-state index contributed by atoms with van der Waals surface area (Å²) in [4.78, 5) is 29.0. The van der Waals surface area contributed by atoms with Gasteiger partial charge < -0.3 is 24.6 Å². The van der Waals surface area contributed by atoms with E-state index in [1.165, 1.54) is 0 Å². The predicted molar refractivity (Wildman–Crippen MR) is 103 cm³/mol. The van der Waals surface area contributed by atoms with Crippen LogP contribution in [0, 0.1) is 0 Å². The number of rotatable bonds is 3. The van der Waals surface area contributed by atoms with Gasteiger partial charge in [0.25, 0.3) is 0 Å². The molecule has 1 atom stereocenters. The van der Waals surface area contributed by atoms with Gasteiger partial charge in [-0.1, -0.05) is 6.07 Å². The van der Waals surface area contributed by atoms with Crippen LogP contribution >= 0.6 is 0 Å². The van der Waals surface area contributed by atoms with Crippen molar-refractivity contribution in [2.24, 2.45) is 0 Å². The molecule has 1 spiro atoms. The number of piperidine rings is 1. The number of hydrogen-bond acceptors (Lipinski definition) is 5. The fourth-order valence-corrected chi connectivity index (χ4v) is 4.27. The van der Waals surface area contributed by atoms with E-state index in [0.29, 0.717) is 32.5 Å². The molecule has 2 fully saturated rings. The van der Waals surface area contributed by atoms with E-state index in [4.69, 9.17) is 9.47 Å². The standard InChI is InChI=1S/C20H28N4O4/c1-13(2)21-19(26)23-8-6-20(7-9-23)22-14(3)18(25)24(20)11-15-4-5-16-17(10-15)28-12-27-16/h4-5,10,13-14,22H,6-9,11-12H2,1-3H3,(H,21,26)/t14-/m1/s1. The van der Waals surface area contributed by atoms with E-state index in [1.807, 2.05) is 48.8 Å². The van der Waals surface area contributed by atoms with Crippen molar-refractivity contribution in [2.75, 3.05) is 19.9 Å². The van der Waals surface area contributed by atoms with Crippen LogP contribution in [-0.4, -0.2) is 59.4 Å². The number of hydrogen-bond donors (Lipinski definition) is 2. The Morgan fingerprint density at radius 1 is 1.29 bits per heavy atom. The maximum Gasteiger partial charge on any atom is 0.317 e. The molecule has 0 radical (unpaired) electrons. The van der Waals surface area contributed by atoms with Gasteiger partial charge in [-0.3, -0.25) is 10.1 Å². The van der Waals surface area contributed by atoms with E-state index in [2.05, 4.69) is 10.6 Å². The third kappa shape index (κ3) is 3.37. The van der Waals surface area contributed by atoms with Crippen molar-refractivity contribution in [3.63, 3.8) is 0 Å². The third-order valence-corrected chi connectivity index (χ3v) is 5.71. The topological polar surface area (TPSA) is 83.1 Å². The molecule has 28 heavy (non-hydrogen) atoms. The summed E-state index contributed by atoms with van der Waals surface area (Å²) >= 11 is 0. The van der Waals surface area contributed by atoms with Crippen LogP contribution in [0.3, 0.4) is 0 Å². The van der Waals surface area contributed by atoms with Gasteiger partial charge in [-0.25, -0.2) is 4.79 Å². The second-order valence-corrected chi connectivity index (χ2v) is 8.10. The van der Waals surface area contributed by atoms with Crippen molar-refractivity contribution < 1.29 is 19.1 Å². The molecule has 1 aromatic rings. The van der Waals surface area contributed by atoms with E-state index in [0.717, 1.165) is 17.1 Å². The molecule has 1 aromatic carbocycles. The fourth-order valence-electron chi connectivity index (χ4n) is 4.27. The minimum Gasteiger partial charge on any atom is -0.454 e.